The molecule has 6 heteroatoms. The highest BCUT2D eigenvalue weighted by Crippen LogP contribution is 2.35. The normalized spacial score (nSPS) is 16.6. The van der Waals surface area contributed by atoms with E-state index >= 15 is 0 Å². The molecule has 0 N–H and O–H groups in total. The summed E-state index contributed by atoms with van der Waals surface area (Å²) in [6, 6.07) is 13.8. The van der Waals surface area contributed by atoms with Gasteiger partial charge in [-0.25, -0.2) is 4.98 Å². The van der Waals surface area contributed by atoms with E-state index in [1.54, 1.807) is 4.90 Å². The van der Waals surface area contributed by atoms with Crippen LogP contribution in [0.4, 0.5) is 5.13 Å². The number of nitrogens with zero attached hydrogens (tertiary/aromatic N) is 2. The summed E-state index contributed by atoms with van der Waals surface area (Å²) in [5.74, 6) is 0.703. The molecule has 31 heavy (non-hydrogen) atoms. The number of hydrogen-bond donors (Lipinski definition) is 0. The van der Waals surface area contributed by atoms with Gasteiger partial charge < -0.3 is 9.47 Å². The Morgan fingerprint density at radius 1 is 1.23 bits per heavy atom. The first-order valence-electron chi connectivity index (χ1n) is 10.9. The minimum Gasteiger partial charge on any atom is -0.492 e. The molecule has 0 bridgehead atoms. The lowest BCUT2D eigenvalue weighted by atomic mass is 9.86. The second-order valence-electron chi connectivity index (χ2n) is 8.91. The molecule has 2 heterocycles. The van der Waals surface area contributed by atoms with Crippen LogP contribution in [0.1, 0.15) is 56.5 Å². The van der Waals surface area contributed by atoms with Crippen molar-refractivity contribution in [2.45, 2.75) is 52.1 Å². The lowest BCUT2D eigenvalue weighted by Crippen LogP contribution is -2.37. The van der Waals surface area contributed by atoms with Crippen LogP contribution in [0, 0.1) is 0 Å². The molecule has 3 aromatic rings. The molecule has 1 aromatic heterocycles. The van der Waals surface area contributed by atoms with Gasteiger partial charge in [-0.2, -0.15) is 0 Å². The summed E-state index contributed by atoms with van der Waals surface area (Å²) in [6.45, 7) is 10.3. The molecule has 0 spiro atoms. The van der Waals surface area contributed by atoms with Crippen molar-refractivity contribution in [1.82, 2.24) is 4.98 Å². The molecule has 1 aliphatic heterocycles. The monoisotopic (exact) mass is 438 g/mol. The number of aromatic nitrogens is 1. The van der Waals surface area contributed by atoms with Crippen molar-refractivity contribution in [3.05, 3.63) is 53.6 Å². The maximum atomic E-state index is 13.6. The predicted octanol–water partition coefficient (Wildman–Crippen LogP) is 5.82. The summed E-state index contributed by atoms with van der Waals surface area (Å²) in [5.41, 5.74) is 2.71. The Kier molecular flexibility index (Phi) is 6.30. The van der Waals surface area contributed by atoms with E-state index in [9.17, 15) is 4.79 Å². The van der Waals surface area contributed by atoms with Gasteiger partial charge in [0.2, 0.25) is 0 Å². The van der Waals surface area contributed by atoms with Crippen LogP contribution < -0.4 is 9.64 Å². The first-order chi connectivity index (χ1) is 14.9. The van der Waals surface area contributed by atoms with Gasteiger partial charge in [0.1, 0.15) is 11.3 Å². The van der Waals surface area contributed by atoms with Crippen molar-refractivity contribution in [2.75, 3.05) is 24.7 Å². The van der Waals surface area contributed by atoms with E-state index in [1.165, 1.54) is 16.9 Å². The lowest BCUT2D eigenvalue weighted by molar-refractivity contribution is 0.0917. The molecule has 1 aliphatic rings. The minimum absolute atomic E-state index is 0.0381. The van der Waals surface area contributed by atoms with Crippen LogP contribution in [0.5, 0.6) is 5.75 Å². The molecule has 1 atom stereocenters. The van der Waals surface area contributed by atoms with Crippen molar-refractivity contribution in [2.24, 2.45) is 0 Å². The predicted molar refractivity (Wildman–Crippen MR) is 127 cm³/mol. The van der Waals surface area contributed by atoms with Gasteiger partial charge in [0.05, 0.1) is 24.0 Å². The number of anilines is 1. The van der Waals surface area contributed by atoms with Crippen LogP contribution in [0.25, 0.3) is 10.2 Å². The Morgan fingerprint density at radius 2 is 2.00 bits per heavy atom. The van der Waals surface area contributed by atoms with E-state index < -0.39 is 0 Å². The van der Waals surface area contributed by atoms with E-state index in [2.05, 4.69) is 20.8 Å². The molecule has 4 rings (SSSR count). The van der Waals surface area contributed by atoms with E-state index in [0.717, 1.165) is 35.4 Å². The molecule has 1 saturated heterocycles. The third kappa shape index (κ3) is 4.75. The maximum absolute atomic E-state index is 13.6. The summed E-state index contributed by atoms with van der Waals surface area (Å²) in [7, 11) is 0. The fraction of sp³-hybridized carbons (Fsp3) is 0.440. The van der Waals surface area contributed by atoms with Gasteiger partial charge in [-0.3, -0.25) is 9.69 Å². The molecule has 1 fully saturated rings. The summed E-state index contributed by atoms with van der Waals surface area (Å²) < 4.78 is 12.6. The smallest absolute Gasteiger partial charge is 0.260 e. The molecule has 2 aromatic carbocycles. The molecule has 0 aliphatic carbocycles. The fourth-order valence-electron chi connectivity index (χ4n) is 3.81. The molecule has 1 amide bonds. The third-order valence-corrected chi connectivity index (χ3v) is 6.60. The summed E-state index contributed by atoms with van der Waals surface area (Å²) in [4.78, 5) is 20.2. The van der Waals surface area contributed by atoms with Crippen molar-refractivity contribution < 1.29 is 14.3 Å². The highest BCUT2D eigenvalue weighted by atomic mass is 32.1. The van der Waals surface area contributed by atoms with Crippen LogP contribution in [0.15, 0.2) is 42.5 Å². The Hall–Kier alpha value is -2.44. The Morgan fingerprint density at radius 3 is 2.65 bits per heavy atom. The molecular weight excluding hydrogens is 408 g/mol. The number of fused-ring (bicyclic) bond motifs is 1. The Balaban J connectivity index is 1.69. The van der Waals surface area contributed by atoms with Crippen molar-refractivity contribution in [3.63, 3.8) is 0 Å². The SMILES string of the molecule is CCOc1cccc2sc(N(CC3CCCO3)C(=O)c3ccc(C(C)(C)C)cc3)nc12. The number of hydrogen-bond acceptors (Lipinski definition) is 5. The average molecular weight is 439 g/mol. The van der Waals surface area contributed by atoms with Crippen molar-refractivity contribution in [3.8, 4) is 5.75 Å². The van der Waals surface area contributed by atoms with Gasteiger partial charge in [0, 0.05) is 12.2 Å². The number of thiazole rings is 1. The fourth-order valence-corrected chi connectivity index (χ4v) is 4.80. The zero-order valence-corrected chi connectivity index (χ0v) is 19.5. The summed E-state index contributed by atoms with van der Waals surface area (Å²) in [6.07, 6.45) is 2.03. The number of ether oxygens (including phenoxy) is 2. The van der Waals surface area contributed by atoms with Crippen LogP contribution in [-0.2, 0) is 10.2 Å². The molecule has 1 unspecified atom stereocenters. The number of para-hydroxylation sites is 1. The second-order valence-corrected chi connectivity index (χ2v) is 9.92. The maximum Gasteiger partial charge on any atom is 0.260 e. The quantitative estimate of drug-likeness (QED) is 0.487. The highest BCUT2D eigenvalue weighted by molar-refractivity contribution is 7.22. The van der Waals surface area contributed by atoms with Gasteiger partial charge in [0.25, 0.3) is 5.91 Å². The largest absolute Gasteiger partial charge is 0.492 e. The van der Waals surface area contributed by atoms with Gasteiger partial charge >= 0.3 is 0 Å². The third-order valence-electron chi connectivity index (χ3n) is 5.55. The first kappa shape index (κ1) is 21.8. The van der Waals surface area contributed by atoms with Crippen LogP contribution >= 0.6 is 11.3 Å². The number of rotatable bonds is 6. The number of benzene rings is 2. The van der Waals surface area contributed by atoms with Crippen molar-refractivity contribution in [1.29, 1.82) is 0 Å². The van der Waals surface area contributed by atoms with Crippen LogP contribution in [0.3, 0.4) is 0 Å². The minimum atomic E-state index is -0.0482. The molecule has 0 saturated carbocycles. The Labute approximate surface area is 188 Å². The summed E-state index contributed by atoms with van der Waals surface area (Å²) >= 11 is 1.52. The molecule has 5 nitrogen and oxygen atoms in total. The Bertz CT molecular complexity index is 1050. The van der Waals surface area contributed by atoms with Crippen molar-refractivity contribution >= 4 is 32.6 Å². The molecular formula is C25H30N2O3S. The average Bonchev–Trinajstić information content (AvgIpc) is 3.41. The number of carbonyl (C=O) groups is 1. The standard InChI is InChI=1S/C25H30N2O3S/c1-5-29-20-9-6-10-21-22(20)26-24(31-21)27(16-19-8-7-15-30-19)23(28)17-11-13-18(14-12-17)25(2,3)4/h6,9-14,19H,5,7-8,15-16H2,1-4H3. The highest BCUT2D eigenvalue weighted by Gasteiger charge is 2.28. The van der Waals surface area contributed by atoms with E-state index in [-0.39, 0.29) is 17.4 Å². The zero-order valence-electron chi connectivity index (χ0n) is 18.7. The van der Waals surface area contributed by atoms with Gasteiger partial charge in [-0.15, -0.1) is 0 Å². The van der Waals surface area contributed by atoms with E-state index in [4.69, 9.17) is 14.5 Å². The second kappa shape index (κ2) is 8.97. The lowest BCUT2D eigenvalue weighted by Gasteiger charge is -2.24. The first-order valence-corrected chi connectivity index (χ1v) is 11.7. The molecule has 0 radical (unpaired) electrons. The number of carbonyl (C=O) groups excluding carboxylic acids is 1. The van der Waals surface area contributed by atoms with Gasteiger partial charge in [0.15, 0.2) is 5.13 Å². The van der Waals surface area contributed by atoms with E-state index in [0.29, 0.717) is 23.8 Å². The van der Waals surface area contributed by atoms with Gasteiger partial charge in [-0.1, -0.05) is 50.3 Å². The van der Waals surface area contributed by atoms with Gasteiger partial charge in [-0.05, 0) is 55.0 Å². The zero-order chi connectivity index (χ0) is 22.0. The summed E-state index contributed by atoms with van der Waals surface area (Å²) in [5, 5.41) is 0.683. The van der Waals surface area contributed by atoms with E-state index in [1.807, 2.05) is 49.4 Å². The topological polar surface area (TPSA) is 51.7 Å². The number of amides is 1. The van der Waals surface area contributed by atoms with Crippen LogP contribution in [0.2, 0.25) is 0 Å². The van der Waals surface area contributed by atoms with Crippen LogP contribution in [-0.4, -0.2) is 36.8 Å². The molecule has 164 valence electrons.